The molecule has 1 aliphatic carbocycles. The van der Waals surface area contributed by atoms with Crippen molar-refractivity contribution in [3.8, 4) is 5.75 Å². The van der Waals surface area contributed by atoms with E-state index in [9.17, 15) is 9.59 Å². The minimum Gasteiger partial charge on any atom is -0.497 e. The summed E-state index contributed by atoms with van der Waals surface area (Å²) in [6.07, 6.45) is 2.79. The number of Topliss-reactive ketones (excluding diaryl/α,β-unsaturated/α-hetero) is 2. The van der Waals surface area contributed by atoms with Crippen molar-refractivity contribution in [3.63, 3.8) is 0 Å². The monoisotopic (exact) mass is 444 g/mol. The highest BCUT2D eigenvalue weighted by Crippen LogP contribution is 2.33. The molecule has 32 heavy (non-hydrogen) atoms. The maximum absolute atomic E-state index is 12.8. The fourth-order valence-electron chi connectivity index (χ4n) is 3.87. The molecule has 2 aromatic heterocycles. The number of carbonyl (C=O) groups is 2. The van der Waals surface area contributed by atoms with Gasteiger partial charge >= 0.3 is 0 Å². The van der Waals surface area contributed by atoms with Crippen molar-refractivity contribution in [1.82, 2.24) is 19.6 Å². The highest BCUT2D eigenvalue weighted by molar-refractivity contribution is 7.99. The van der Waals surface area contributed by atoms with Gasteiger partial charge in [-0.3, -0.25) is 9.59 Å². The SMILES string of the molecule is COc1ccc([C@@H]2CC(=O)c3cn4nc(SCC(=O)c5ccccc5)nc4nc3C2)cc1. The Hall–Kier alpha value is -3.52. The molecule has 0 amide bonds. The Kier molecular flexibility index (Phi) is 5.45. The zero-order chi connectivity index (χ0) is 22.1. The summed E-state index contributed by atoms with van der Waals surface area (Å²) < 4.78 is 6.75. The molecular formula is C24H20N4O3S. The Labute approximate surface area is 188 Å². The molecule has 2 heterocycles. The summed E-state index contributed by atoms with van der Waals surface area (Å²) in [5, 5.41) is 4.87. The Morgan fingerprint density at radius 3 is 2.62 bits per heavy atom. The van der Waals surface area contributed by atoms with Crippen molar-refractivity contribution in [1.29, 1.82) is 0 Å². The number of nitrogens with zero attached hydrogens (tertiary/aromatic N) is 4. The first kappa shape index (κ1) is 20.4. The van der Waals surface area contributed by atoms with E-state index < -0.39 is 0 Å². The normalized spacial score (nSPS) is 15.5. The van der Waals surface area contributed by atoms with Crippen LogP contribution in [-0.4, -0.2) is 44.0 Å². The lowest BCUT2D eigenvalue weighted by molar-refractivity contribution is 0.0961. The lowest BCUT2D eigenvalue weighted by Gasteiger charge is -2.23. The molecule has 0 spiro atoms. The molecule has 0 bridgehead atoms. The first-order valence-corrected chi connectivity index (χ1v) is 11.2. The molecule has 160 valence electrons. The summed E-state index contributed by atoms with van der Waals surface area (Å²) in [5.41, 5.74) is 3.07. The van der Waals surface area contributed by atoms with E-state index >= 15 is 0 Å². The van der Waals surface area contributed by atoms with Crippen LogP contribution in [-0.2, 0) is 6.42 Å². The fraction of sp³-hybridized carbons (Fsp3) is 0.208. The maximum atomic E-state index is 12.8. The van der Waals surface area contributed by atoms with Crippen LogP contribution in [0.15, 0.2) is 66.0 Å². The van der Waals surface area contributed by atoms with Gasteiger partial charge in [-0.05, 0) is 30.0 Å². The van der Waals surface area contributed by atoms with Gasteiger partial charge in [0.1, 0.15) is 5.75 Å². The van der Waals surface area contributed by atoms with Gasteiger partial charge in [0.05, 0.1) is 24.1 Å². The third-order valence-electron chi connectivity index (χ3n) is 5.58. The number of hydrogen-bond acceptors (Lipinski definition) is 7. The van der Waals surface area contributed by atoms with E-state index in [2.05, 4.69) is 15.1 Å². The van der Waals surface area contributed by atoms with E-state index in [1.807, 2.05) is 42.5 Å². The van der Waals surface area contributed by atoms with Crippen LogP contribution in [0.25, 0.3) is 5.78 Å². The molecule has 7 nitrogen and oxygen atoms in total. The van der Waals surface area contributed by atoms with Gasteiger partial charge in [0.15, 0.2) is 11.6 Å². The molecule has 0 N–H and O–H groups in total. The van der Waals surface area contributed by atoms with E-state index in [4.69, 9.17) is 4.74 Å². The minimum atomic E-state index is 0.0132. The van der Waals surface area contributed by atoms with Gasteiger partial charge in [0, 0.05) is 18.2 Å². The molecule has 2 aromatic carbocycles. The van der Waals surface area contributed by atoms with E-state index in [0.717, 1.165) is 17.0 Å². The molecular weight excluding hydrogens is 424 g/mol. The number of carbonyl (C=O) groups excluding carboxylic acids is 2. The molecule has 1 atom stereocenters. The zero-order valence-corrected chi connectivity index (χ0v) is 18.2. The average Bonchev–Trinajstić information content (AvgIpc) is 3.23. The Morgan fingerprint density at radius 1 is 1.09 bits per heavy atom. The smallest absolute Gasteiger partial charge is 0.253 e. The van der Waals surface area contributed by atoms with Crippen molar-refractivity contribution in [2.75, 3.05) is 12.9 Å². The van der Waals surface area contributed by atoms with Crippen molar-refractivity contribution in [2.45, 2.75) is 23.9 Å². The Balaban J connectivity index is 1.36. The van der Waals surface area contributed by atoms with Gasteiger partial charge in [-0.2, -0.15) is 4.98 Å². The number of benzene rings is 2. The van der Waals surface area contributed by atoms with Gasteiger partial charge in [0.2, 0.25) is 5.16 Å². The standard InChI is InChI=1S/C24H20N4O3S/c1-31-18-9-7-15(8-10-18)17-11-20-19(21(29)12-17)13-28-23(25-20)26-24(27-28)32-14-22(30)16-5-3-2-4-6-16/h2-10,13,17H,11-12,14H2,1H3/t17-/m0/s1. The van der Waals surface area contributed by atoms with Gasteiger partial charge in [-0.15, -0.1) is 5.10 Å². The molecule has 1 aliphatic rings. The summed E-state index contributed by atoms with van der Waals surface area (Å²) in [5.74, 6) is 1.58. The largest absolute Gasteiger partial charge is 0.497 e. The van der Waals surface area contributed by atoms with E-state index in [0.29, 0.717) is 34.9 Å². The molecule has 0 radical (unpaired) electrons. The molecule has 0 saturated heterocycles. The molecule has 4 aromatic rings. The zero-order valence-electron chi connectivity index (χ0n) is 17.4. The summed E-state index contributed by atoms with van der Waals surface area (Å²) >= 11 is 1.26. The summed E-state index contributed by atoms with van der Waals surface area (Å²) in [6, 6.07) is 16.9. The minimum absolute atomic E-state index is 0.0132. The fourth-order valence-corrected chi connectivity index (χ4v) is 4.59. The van der Waals surface area contributed by atoms with Crippen LogP contribution in [0.5, 0.6) is 5.75 Å². The highest BCUT2D eigenvalue weighted by Gasteiger charge is 2.28. The van der Waals surface area contributed by atoms with E-state index in [1.165, 1.54) is 16.3 Å². The van der Waals surface area contributed by atoms with Crippen molar-refractivity contribution < 1.29 is 14.3 Å². The predicted molar refractivity (Wildman–Crippen MR) is 121 cm³/mol. The van der Waals surface area contributed by atoms with Crippen LogP contribution in [0.2, 0.25) is 0 Å². The number of methoxy groups -OCH3 is 1. The number of thioether (sulfide) groups is 1. The van der Waals surface area contributed by atoms with Crippen LogP contribution >= 0.6 is 11.8 Å². The molecule has 0 aliphatic heterocycles. The summed E-state index contributed by atoms with van der Waals surface area (Å²) in [6.45, 7) is 0. The number of ketones is 2. The lowest BCUT2D eigenvalue weighted by Crippen LogP contribution is -2.21. The number of rotatable bonds is 6. The summed E-state index contributed by atoms with van der Waals surface area (Å²) in [7, 11) is 1.63. The molecule has 0 fully saturated rings. The van der Waals surface area contributed by atoms with Crippen LogP contribution < -0.4 is 4.74 Å². The van der Waals surface area contributed by atoms with E-state index in [1.54, 1.807) is 25.4 Å². The second-order valence-corrected chi connectivity index (χ2v) is 8.56. The number of ether oxygens (including phenoxy) is 1. The number of fused-ring (bicyclic) bond motifs is 2. The van der Waals surface area contributed by atoms with E-state index in [-0.39, 0.29) is 23.2 Å². The van der Waals surface area contributed by atoms with Crippen molar-refractivity contribution >= 4 is 29.1 Å². The highest BCUT2D eigenvalue weighted by atomic mass is 32.2. The van der Waals surface area contributed by atoms with Gasteiger partial charge in [0.25, 0.3) is 5.78 Å². The maximum Gasteiger partial charge on any atom is 0.253 e. The average molecular weight is 445 g/mol. The first-order chi connectivity index (χ1) is 15.6. The Bertz CT molecular complexity index is 1300. The number of hydrogen-bond donors (Lipinski definition) is 0. The molecule has 0 unspecified atom stereocenters. The second-order valence-electron chi connectivity index (χ2n) is 7.62. The van der Waals surface area contributed by atoms with Crippen LogP contribution in [0.1, 0.15) is 44.3 Å². The summed E-state index contributed by atoms with van der Waals surface area (Å²) in [4.78, 5) is 34.3. The molecule has 8 heteroatoms. The predicted octanol–water partition coefficient (Wildman–Crippen LogP) is 4.02. The van der Waals surface area contributed by atoms with Crippen molar-refractivity contribution in [2.24, 2.45) is 0 Å². The third kappa shape index (κ3) is 4.01. The van der Waals surface area contributed by atoms with Crippen molar-refractivity contribution in [3.05, 3.63) is 83.2 Å². The number of aromatic nitrogens is 4. The molecule has 5 rings (SSSR count). The van der Waals surface area contributed by atoms with Crippen LogP contribution in [0.4, 0.5) is 0 Å². The first-order valence-electron chi connectivity index (χ1n) is 10.2. The van der Waals surface area contributed by atoms with Crippen LogP contribution in [0, 0.1) is 0 Å². The second kappa shape index (κ2) is 8.55. The van der Waals surface area contributed by atoms with Gasteiger partial charge in [-0.25, -0.2) is 9.50 Å². The quantitative estimate of drug-likeness (QED) is 0.328. The topological polar surface area (TPSA) is 86.5 Å². The third-order valence-corrected chi connectivity index (χ3v) is 6.42. The van der Waals surface area contributed by atoms with Gasteiger partial charge < -0.3 is 4.74 Å². The van der Waals surface area contributed by atoms with Gasteiger partial charge in [-0.1, -0.05) is 54.2 Å². The van der Waals surface area contributed by atoms with Crippen LogP contribution in [0.3, 0.4) is 0 Å². The Morgan fingerprint density at radius 2 is 1.88 bits per heavy atom. The molecule has 0 saturated carbocycles. The lowest BCUT2D eigenvalue weighted by atomic mass is 9.82.